The highest BCUT2D eigenvalue weighted by Crippen LogP contribution is 2.12. The molecule has 1 rings (SSSR count). The van der Waals surface area contributed by atoms with Gasteiger partial charge in [-0.1, -0.05) is 18.3 Å². The highest BCUT2D eigenvalue weighted by Gasteiger charge is 2.17. The van der Waals surface area contributed by atoms with E-state index in [9.17, 15) is 4.79 Å². The van der Waals surface area contributed by atoms with E-state index in [4.69, 9.17) is 18.0 Å². The number of nitrogens with zero attached hydrogens (tertiary/aromatic N) is 1. The average molecular weight is 270 g/mol. The van der Waals surface area contributed by atoms with E-state index in [-0.39, 0.29) is 11.9 Å². The van der Waals surface area contributed by atoms with Crippen LogP contribution in [-0.2, 0) is 11.2 Å². The Bertz CT molecular complexity index is 376. The van der Waals surface area contributed by atoms with Crippen LogP contribution in [0.1, 0.15) is 24.6 Å². The molecule has 0 radical (unpaired) electrons. The summed E-state index contributed by atoms with van der Waals surface area (Å²) in [5.41, 5.74) is 5.52. The minimum atomic E-state index is -0.167. The van der Waals surface area contributed by atoms with Gasteiger partial charge in [-0.2, -0.15) is 0 Å². The Morgan fingerprint density at radius 3 is 2.88 bits per heavy atom. The van der Waals surface area contributed by atoms with Crippen LogP contribution in [0.15, 0.2) is 17.5 Å². The standard InChI is InChI=1S/C12H18N2OS2/c1-9(12(13)16)14(2)11(15)7-3-5-10-6-4-8-17-10/h4,6,8-9H,3,5,7H2,1-2H3,(H2,13,16). The summed E-state index contributed by atoms with van der Waals surface area (Å²) in [6.45, 7) is 1.85. The molecule has 5 heteroatoms. The van der Waals surface area contributed by atoms with Crippen molar-refractivity contribution in [1.29, 1.82) is 0 Å². The fourth-order valence-electron chi connectivity index (χ4n) is 1.45. The third kappa shape index (κ3) is 4.44. The van der Waals surface area contributed by atoms with Crippen molar-refractivity contribution in [3.63, 3.8) is 0 Å². The molecule has 1 unspecified atom stereocenters. The monoisotopic (exact) mass is 270 g/mol. The van der Waals surface area contributed by atoms with Gasteiger partial charge in [-0.15, -0.1) is 11.3 Å². The van der Waals surface area contributed by atoms with Crippen molar-refractivity contribution in [2.75, 3.05) is 7.05 Å². The van der Waals surface area contributed by atoms with Crippen molar-refractivity contribution >= 4 is 34.5 Å². The maximum absolute atomic E-state index is 11.8. The molecule has 1 aromatic rings. The lowest BCUT2D eigenvalue weighted by Crippen LogP contribution is -2.42. The Labute approximate surface area is 112 Å². The second kappa shape index (κ2) is 6.71. The second-order valence-corrected chi connectivity index (χ2v) is 5.52. The predicted molar refractivity (Wildman–Crippen MR) is 76.3 cm³/mol. The van der Waals surface area contributed by atoms with Gasteiger partial charge in [0.05, 0.1) is 11.0 Å². The maximum atomic E-state index is 11.8. The molecule has 0 fully saturated rings. The van der Waals surface area contributed by atoms with Gasteiger partial charge < -0.3 is 10.6 Å². The van der Waals surface area contributed by atoms with Crippen LogP contribution in [0.3, 0.4) is 0 Å². The van der Waals surface area contributed by atoms with Crippen molar-refractivity contribution < 1.29 is 4.79 Å². The van der Waals surface area contributed by atoms with E-state index >= 15 is 0 Å². The SMILES string of the molecule is CC(C(N)=S)N(C)C(=O)CCCc1cccs1. The lowest BCUT2D eigenvalue weighted by molar-refractivity contribution is -0.130. The first-order valence-corrected chi connectivity index (χ1v) is 6.88. The number of thiocarbonyl (C=S) groups is 1. The van der Waals surface area contributed by atoms with Crippen LogP contribution in [0.4, 0.5) is 0 Å². The Hall–Kier alpha value is -0.940. The number of nitrogens with two attached hydrogens (primary N) is 1. The Morgan fingerprint density at radius 2 is 2.35 bits per heavy atom. The van der Waals surface area contributed by atoms with E-state index in [1.54, 1.807) is 23.3 Å². The number of carbonyl (C=O) groups excluding carboxylic acids is 1. The minimum Gasteiger partial charge on any atom is -0.392 e. The quantitative estimate of drug-likeness (QED) is 0.806. The molecule has 1 atom stereocenters. The average Bonchev–Trinajstić information content (AvgIpc) is 2.79. The lowest BCUT2D eigenvalue weighted by Gasteiger charge is -2.23. The molecule has 3 nitrogen and oxygen atoms in total. The number of thiophene rings is 1. The van der Waals surface area contributed by atoms with E-state index in [1.165, 1.54) is 4.88 Å². The number of hydrogen-bond donors (Lipinski definition) is 1. The van der Waals surface area contributed by atoms with Crippen LogP contribution in [0.2, 0.25) is 0 Å². The van der Waals surface area contributed by atoms with Crippen LogP contribution in [0.25, 0.3) is 0 Å². The summed E-state index contributed by atoms with van der Waals surface area (Å²) in [5, 5.41) is 2.05. The molecule has 0 aromatic carbocycles. The van der Waals surface area contributed by atoms with Gasteiger partial charge in [-0.3, -0.25) is 4.79 Å². The van der Waals surface area contributed by atoms with Gasteiger partial charge in [0.1, 0.15) is 0 Å². The van der Waals surface area contributed by atoms with Crippen molar-refractivity contribution in [2.45, 2.75) is 32.2 Å². The van der Waals surface area contributed by atoms with E-state index in [0.717, 1.165) is 12.8 Å². The number of amides is 1. The van der Waals surface area contributed by atoms with Gasteiger partial charge in [-0.05, 0) is 31.2 Å². The fourth-order valence-corrected chi connectivity index (χ4v) is 2.36. The zero-order valence-corrected chi connectivity index (χ0v) is 11.8. The van der Waals surface area contributed by atoms with Gasteiger partial charge in [0, 0.05) is 18.3 Å². The van der Waals surface area contributed by atoms with Crippen LogP contribution in [-0.4, -0.2) is 28.9 Å². The molecule has 0 aliphatic heterocycles. The maximum Gasteiger partial charge on any atom is 0.222 e. The molecule has 0 aliphatic carbocycles. The first kappa shape index (κ1) is 14.1. The number of aryl methyl sites for hydroxylation is 1. The molecule has 94 valence electrons. The molecule has 1 amide bonds. The Balaban J connectivity index is 2.32. The van der Waals surface area contributed by atoms with E-state index in [1.807, 2.05) is 13.0 Å². The van der Waals surface area contributed by atoms with Crippen molar-refractivity contribution in [3.05, 3.63) is 22.4 Å². The number of carbonyl (C=O) groups is 1. The van der Waals surface area contributed by atoms with Gasteiger partial charge in [-0.25, -0.2) is 0 Å². The van der Waals surface area contributed by atoms with Crippen LogP contribution in [0, 0.1) is 0 Å². The van der Waals surface area contributed by atoms with E-state index < -0.39 is 0 Å². The first-order valence-electron chi connectivity index (χ1n) is 5.59. The zero-order valence-electron chi connectivity index (χ0n) is 10.2. The fraction of sp³-hybridized carbons (Fsp3) is 0.500. The number of likely N-dealkylation sites (N-methyl/N-ethyl adjacent to an activating group) is 1. The molecule has 1 aromatic heterocycles. The summed E-state index contributed by atoms with van der Waals surface area (Å²) in [4.78, 5) is 15.1. The predicted octanol–water partition coefficient (Wildman–Crippen LogP) is 2.20. The summed E-state index contributed by atoms with van der Waals surface area (Å²) < 4.78 is 0. The highest BCUT2D eigenvalue weighted by molar-refractivity contribution is 7.80. The number of rotatable bonds is 6. The highest BCUT2D eigenvalue weighted by atomic mass is 32.1. The normalized spacial score (nSPS) is 12.1. The summed E-state index contributed by atoms with van der Waals surface area (Å²) in [6, 6.07) is 3.96. The van der Waals surface area contributed by atoms with Crippen LogP contribution in [0.5, 0.6) is 0 Å². The summed E-state index contributed by atoms with van der Waals surface area (Å²) in [6.07, 6.45) is 2.37. The first-order chi connectivity index (χ1) is 8.02. The van der Waals surface area contributed by atoms with Crippen LogP contribution < -0.4 is 5.73 Å². The molecule has 1 heterocycles. The summed E-state index contributed by atoms with van der Waals surface area (Å²) >= 11 is 6.61. The van der Waals surface area contributed by atoms with Crippen molar-refractivity contribution in [3.8, 4) is 0 Å². The molecule has 17 heavy (non-hydrogen) atoms. The smallest absolute Gasteiger partial charge is 0.222 e. The third-order valence-corrected chi connectivity index (χ3v) is 4.06. The zero-order chi connectivity index (χ0) is 12.8. The topological polar surface area (TPSA) is 46.3 Å². The second-order valence-electron chi connectivity index (χ2n) is 4.02. The molecule has 2 N–H and O–H groups in total. The molecule has 0 saturated carbocycles. The largest absolute Gasteiger partial charge is 0.392 e. The van der Waals surface area contributed by atoms with Gasteiger partial charge >= 0.3 is 0 Å². The van der Waals surface area contributed by atoms with Crippen molar-refractivity contribution in [2.24, 2.45) is 5.73 Å². The van der Waals surface area contributed by atoms with E-state index in [0.29, 0.717) is 11.4 Å². The van der Waals surface area contributed by atoms with Crippen molar-refractivity contribution in [1.82, 2.24) is 4.90 Å². The Kier molecular flexibility index (Phi) is 5.58. The van der Waals surface area contributed by atoms with Gasteiger partial charge in [0.25, 0.3) is 0 Å². The third-order valence-electron chi connectivity index (χ3n) is 2.78. The minimum absolute atomic E-state index is 0.0989. The number of hydrogen-bond acceptors (Lipinski definition) is 3. The summed E-state index contributed by atoms with van der Waals surface area (Å²) in [7, 11) is 1.75. The molecular formula is C12H18N2OS2. The van der Waals surface area contributed by atoms with Crippen LogP contribution >= 0.6 is 23.6 Å². The molecule has 0 saturated heterocycles. The van der Waals surface area contributed by atoms with Gasteiger partial charge in [0.15, 0.2) is 0 Å². The van der Waals surface area contributed by atoms with E-state index in [2.05, 4.69) is 11.4 Å². The summed E-state index contributed by atoms with van der Waals surface area (Å²) in [5.74, 6) is 0.0989. The lowest BCUT2D eigenvalue weighted by atomic mass is 10.2. The molecule has 0 bridgehead atoms. The molecular weight excluding hydrogens is 252 g/mol. The molecule has 0 spiro atoms. The molecule has 0 aliphatic rings. The van der Waals surface area contributed by atoms with Gasteiger partial charge in [0.2, 0.25) is 5.91 Å². The Morgan fingerprint density at radius 1 is 1.65 bits per heavy atom.